The van der Waals surface area contributed by atoms with Gasteiger partial charge in [0.1, 0.15) is 11.1 Å². The highest BCUT2D eigenvalue weighted by molar-refractivity contribution is 9.10. The van der Waals surface area contributed by atoms with Crippen LogP contribution in [0.4, 0.5) is 0 Å². The molecule has 10 rings (SSSR count). The number of nitrogens with one attached hydrogen (secondary N) is 2. The average molecular weight is 1040 g/mol. The second kappa shape index (κ2) is 23.4. The highest BCUT2D eigenvalue weighted by atomic mass is 79.9. The monoisotopic (exact) mass is 1040 g/mol. The van der Waals surface area contributed by atoms with Gasteiger partial charge in [-0.25, -0.2) is 0 Å². The lowest BCUT2D eigenvalue weighted by molar-refractivity contribution is 0.0714. The summed E-state index contributed by atoms with van der Waals surface area (Å²) in [5.74, 6) is -0.889. The summed E-state index contributed by atoms with van der Waals surface area (Å²) in [4.78, 5) is 61.1. The van der Waals surface area contributed by atoms with Gasteiger partial charge in [-0.3, -0.25) is 47.3 Å². The molecule has 2 fully saturated rings. The number of nitrogens with zero attached hydrogens (tertiary/aromatic N) is 8. The van der Waals surface area contributed by atoms with Gasteiger partial charge < -0.3 is 30.9 Å². The molecular formula is C52H56BBrN10O8. The van der Waals surface area contributed by atoms with Crippen molar-refractivity contribution in [1.82, 2.24) is 49.0 Å². The van der Waals surface area contributed by atoms with E-state index < -0.39 is 31.1 Å². The molecule has 2 aliphatic rings. The van der Waals surface area contributed by atoms with Crippen LogP contribution in [0.3, 0.4) is 0 Å². The lowest BCUT2D eigenvalue weighted by Crippen LogP contribution is -2.46. The number of amides is 2. The van der Waals surface area contributed by atoms with Crippen molar-refractivity contribution in [3.05, 3.63) is 181 Å². The summed E-state index contributed by atoms with van der Waals surface area (Å²) >= 11 is 3.38. The van der Waals surface area contributed by atoms with E-state index in [0.717, 1.165) is 81.3 Å². The normalized spacial score (nSPS) is 17.5. The van der Waals surface area contributed by atoms with Crippen LogP contribution in [0, 0.1) is 0 Å². The van der Waals surface area contributed by atoms with E-state index in [1.54, 1.807) is 67.0 Å². The number of aliphatic hydroxyl groups excluding tert-OH is 2. The summed E-state index contributed by atoms with van der Waals surface area (Å²) in [6, 6.07) is 21.4. The van der Waals surface area contributed by atoms with E-state index in [-0.39, 0.29) is 34.3 Å². The van der Waals surface area contributed by atoms with Crippen LogP contribution < -0.4 is 27.2 Å². The minimum absolute atomic E-state index is 0.0726. The Hall–Kier alpha value is -7.10. The first-order chi connectivity index (χ1) is 34.7. The van der Waals surface area contributed by atoms with Crippen LogP contribution in [0.15, 0.2) is 136 Å². The van der Waals surface area contributed by atoms with Crippen molar-refractivity contribution < 1.29 is 29.9 Å². The number of rotatable bonds is 10. The first kappa shape index (κ1) is 51.3. The second-order valence-corrected chi connectivity index (χ2v) is 19.1. The fourth-order valence-electron chi connectivity index (χ4n) is 9.05. The molecule has 2 amide bonds. The predicted molar refractivity (Wildman–Crippen MR) is 276 cm³/mol. The molecule has 18 nitrogen and oxygen atoms in total. The first-order valence-electron chi connectivity index (χ1n) is 23.9. The zero-order chi connectivity index (χ0) is 50.9. The molecule has 0 unspecified atom stereocenters. The number of aromatic nitrogens is 8. The number of hydrogen-bond acceptors (Lipinski definition) is 12. The van der Waals surface area contributed by atoms with Gasteiger partial charge >= 0.3 is 7.12 Å². The number of halogens is 1. The number of fused-ring (bicyclic) bond motifs is 2. The molecule has 8 aromatic heterocycles. The largest absolute Gasteiger partial charge is 0.491 e. The van der Waals surface area contributed by atoms with E-state index in [1.807, 2.05) is 68.0 Å². The third-order valence-corrected chi connectivity index (χ3v) is 13.4. The van der Waals surface area contributed by atoms with Crippen LogP contribution in [0.25, 0.3) is 22.2 Å². The van der Waals surface area contributed by atoms with Crippen molar-refractivity contribution in [2.24, 2.45) is 14.1 Å². The van der Waals surface area contributed by atoms with Crippen molar-refractivity contribution in [2.45, 2.75) is 88.5 Å². The van der Waals surface area contributed by atoms with Crippen molar-refractivity contribution in [1.29, 1.82) is 0 Å². The summed E-state index contributed by atoms with van der Waals surface area (Å²) < 4.78 is 7.15. The first-order valence-corrected chi connectivity index (χ1v) is 24.6. The Morgan fingerprint density at radius 3 is 1.56 bits per heavy atom. The van der Waals surface area contributed by atoms with Crippen molar-refractivity contribution in [3.63, 3.8) is 0 Å². The smallest absolute Gasteiger partial charge is 0.423 e. The molecule has 0 radical (unpaired) electrons. The average Bonchev–Trinajstić information content (AvgIpc) is 4.04. The van der Waals surface area contributed by atoms with Gasteiger partial charge in [0, 0.05) is 103 Å². The molecule has 0 bridgehead atoms. The van der Waals surface area contributed by atoms with Crippen molar-refractivity contribution >= 4 is 51.4 Å². The minimum atomic E-state index is -1.40. The minimum Gasteiger partial charge on any atom is -0.423 e. The Morgan fingerprint density at radius 2 is 1.14 bits per heavy atom. The fourth-order valence-corrected chi connectivity index (χ4v) is 9.28. The molecule has 72 heavy (non-hydrogen) atoms. The Bertz CT molecular complexity index is 3280. The van der Waals surface area contributed by atoms with Gasteiger partial charge in [-0.2, -0.15) is 10.2 Å². The van der Waals surface area contributed by atoms with Gasteiger partial charge in [0.2, 0.25) is 0 Å². The number of carbonyl (C=O) groups is 2. The molecule has 0 spiro atoms. The van der Waals surface area contributed by atoms with Crippen LogP contribution in [-0.4, -0.2) is 102 Å². The van der Waals surface area contributed by atoms with Gasteiger partial charge in [-0.05, 0) is 107 Å². The van der Waals surface area contributed by atoms with Gasteiger partial charge in [0.05, 0.1) is 41.5 Å². The van der Waals surface area contributed by atoms with Crippen molar-refractivity contribution in [3.8, 4) is 11.1 Å². The van der Waals surface area contributed by atoms with Gasteiger partial charge in [-0.1, -0.05) is 43.9 Å². The highest BCUT2D eigenvalue weighted by Gasteiger charge is 2.28. The predicted octanol–water partition coefficient (Wildman–Crippen LogP) is 3.90. The van der Waals surface area contributed by atoms with Crippen LogP contribution in [0.5, 0.6) is 0 Å². The molecule has 8 aromatic rings. The zero-order valence-corrected chi connectivity index (χ0v) is 41.5. The molecule has 4 atom stereocenters. The molecule has 0 saturated heterocycles. The Kier molecular flexibility index (Phi) is 16.7. The maximum absolute atomic E-state index is 13.1. The summed E-state index contributed by atoms with van der Waals surface area (Å²) in [5.41, 5.74) is 6.61. The third-order valence-electron chi connectivity index (χ3n) is 12.9. The lowest BCUT2D eigenvalue weighted by atomic mass is 9.83. The summed E-state index contributed by atoms with van der Waals surface area (Å²) in [7, 11) is 2.18. The standard InChI is InChI=1S/C26H27N5O3.C22H22BrN3O3.C4H7BN2O2/c1-30-16-19(15-28-30)17-9-10-20(27-14-17)12-18-13-21(26(34)31-11-5-4-7-23(18)31)25(33)29-22-6-2-3-8-24(22)32;23-15-8-9-16(24-13-15)11-14-12-17(22(29)26-10-4-3-6-19(14)26)21(28)25-18-5-1-2-7-20(18)27;1-7-3-4(2-6-7)5(8)9/h4-5,7,9-11,13-16,22,24,32H,2-3,6,8,12H2,1H3,(H,29,33);3-4,6,8-10,12-13,18,20,27H,1-2,5,7,11H2,(H,25,28);2-3,8-9H,1H3/t22-,24-;18-,20-;/m00./s1. The summed E-state index contributed by atoms with van der Waals surface area (Å²) in [5, 5.41) is 51.2. The number of carbonyl (C=O) groups excluding carboxylic acids is 2. The fraction of sp³-hybridized carbons (Fsp3) is 0.308. The van der Waals surface area contributed by atoms with Crippen LogP contribution in [0.2, 0.25) is 0 Å². The molecule has 20 heteroatoms. The van der Waals surface area contributed by atoms with E-state index in [4.69, 9.17) is 10.0 Å². The second-order valence-electron chi connectivity index (χ2n) is 18.1. The molecule has 0 aliphatic heterocycles. The van der Waals surface area contributed by atoms with Gasteiger partial charge in [0.25, 0.3) is 22.9 Å². The molecule has 2 saturated carbocycles. The van der Waals surface area contributed by atoms with Crippen LogP contribution in [-0.2, 0) is 26.9 Å². The molecule has 2 aliphatic carbocycles. The van der Waals surface area contributed by atoms with Gasteiger partial charge in [0.15, 0.2) is 0 Å². The Balaban J connectivity index is 0.000000166. The molecule has 372 valence electrons. The number of aryl methyl sites for hydroxylation is 2. The summed E-state index contributed by atoms with van der Waals surface area (Å²) in [6.45, 7) is 0. The van der Waals surface area contributed by atoms with Crippen molar-refractivity contribution in [2.75, 3.05) is 0 Å². The Labute approximate surface area is 423 Å². The van der Waals surface area contributed by atoms with E-state index in [2.05, 4.69) is 46.7 Å². The quantitative estimate of drug-likeness (QED) is 0.107. The molecule has 8 heterocycles. The topological polar surface area (TPSA) is 243 Å². The lowest BCUT2D eigenvalue weighted by Gasteiger charge is -2.28. The maximum atomic E-state index is 13.1. The van der Waals surface area contributed by atoms with E-state index in [0.29, 0.717) is 37.6 Å². The number of pyridine rings is 6. The molecule has 6 N–H and O–H groups in total. The number of aliphatic hydroxyl groups is 2. The van der Waals surface area contributed by atoms with Crippen LogP contribution in [0.1, 0.15) is 94.6 Å². The zero-order valence-electron chi connectivity index (χ0n) is 39.9. The van der Waals surface area contributed by atoms with E-state index >= 15 is 0 Å². The number of hydrogen-bond donors (Lipinski definition) is 6. The summed E-state index contributed by atoms with van der Waals surface area (Å²) in [6.07, 6.45) is 19.9. The van der Waals surface area contributed by atoms with E-state index in [9.17, 15) is 29.4 Å². The third kappa shape index (κ3) is 12.5. The SMILES string of the molecule is Cn1cc(-c2ccc(Cc3cc(C(=O)N[C@H]4CCCC[C@@H]4O)c(=O)n4ccccc34)nc2)cn1.Cn1cc(B(O)O)cn1.O=C(N[C@H]1CCCC[C@@H]1O)c1cc(Cc2ccc(Br)cn2)c2ccccn2c1=O. The van der Waals surface area contributed by atoms with Gasteiger partial charge in [-0.15, -0.1) is 0 Å². The van der Waals surface area contributed by atoms with E-state index in [1.165, 1.54) is 19.7 Å². The highest BCUT2D eigenvalue weighted by Crippen LogP contribution is 2.23. The maximum Gasteiger partial charge on any atom is 0.491 e. The molecule has 0 aromatic carbocycles. The Morgan fingerprint density at radius 1 is 0.639 bits per heavy atom. The van der Waals surface area contributed by atoms with Crippen LogP contribution >= 0.6 is 15.9 Å². The molecular weight excluding hydrogens is 983 g/mol.